The van der Waals surface area contributed by atoms with Gasteiger partial charge in [0, 0.05) is 6.04 Å². The second kappa shape index (κ2) is 7.80. The van der Waals surface area contributed by atoms with Crippen molar-refractivity contribution in [1.29, 1.82) is 0 Å². The Morgan fingerprint density at radius 2 is 2.05 bits per heavy atom. The first-order valence-electron chi connectivity index (χ1n) is 8.24. The van der Waals surface area contributed by atoms with E-state index in [2.05, 4.69) is 43.0 Å². The Bertz CT molecular complexity index is 402. The Morgan fingerprint density at radius 1 is 1.25 bits per heavy atom. The van der Waals surface area contributed by atoms with Gasteiger partial charge in [0.25, 0.3) is 0 Å². The monoisotopic (exact) mass is 274 g/mol. The standard InChI is InChI=1S/C18H30N2/c1-3-16-8-6-12-20(13-10-16)14-11-18(19)17-9-5-4-7-15(17)2/h4-5,7,9,16,18H,3,6,8,10-14,19H2,1-2H3. The van der Waals surface area contributed by atoms with E-state index in [1.165, 1.54) is 49.9 Å². The van der Waals surface area contributed by atoms with Gasteiger partial charge in [-0.15, -0.1) is 0 Å². The van der Waals surface area contributed by atoms with Crippen molar-refractivity contribution in [2.75, 3.05) is 19.6 Å². The molecule has 2 rings (SSSR count). The normalized spacial score (nSPS) is 22.4. The van der Waals surface area contributed by atoms with E-state index < -0.39 is 0 Å². The second-order valence-electron chi connectivity index (χ2n) is 6.30. The average Bonchev–Trinajstić information content (AvgIpc) is 2.70. The molecule has 2 N–H and O–H groups in total. The molecule has 0 aromatic heterocycles. The minimum absolute atomic E-state index is 0.182. The van der Waals surface area contributed by atoms with Gasteiger partial charge in [0.1, 0.15) is 0 Å². The topological polar surface area (TPSA) is 29.3 Å². The molecular weight excluding hydrogens is 244 g/mol. The van der Waals surface area contributed by atoms with Crippen LogP contribution in [0, 0.1) is 12.8 Å². The van der Waals surface area contributed by atoms with Crippen molar-refractivity contribution in [3.05, 3.63) is 35.4 Å². The number of hydrogen-bond donors (Lipinski definition) is 1. The number of benzene rings is 1. The smallest absolute Gasteiger partial charge is 0.0309 e. The summed E-state index contributed by atoms with van der Waals surface area (Å²) < 4.78 is 0. The third kappa shape index (κ3) is 4.32. The summed E-state index contributed by atoms with van der Waals surface area (Å²) in [6, 6.07) is 8.70. The summed E-state index contributed by atoms with van der Waals surface area (Å²) in [6.07, 6.45) is 6.56. The maximum Gasteiger partial charge on any atom is 0.0309 e. The molecule has 2 nitrogen and oxygen atoms in total. The van der Waals surface area contributed by atoms with E-state index in [9.17, 15) is 0 Å². The van der Waals surface area contributed by atoms with E-state index >= 15 is 0 Å². The van der Waals surface area contributed by atoms with Gasteiger partial charge < -0.3 is 10.6 Å². The maximum atomic E-state index is 6.38. The molecule has 0 radical (unpaired) electrons. The minimum atomic E-state index is 0.182. The van der Waals surface area contributed by atoms with Gasteiger partial charge in [0.05, 0.1) is 0 Å². The lowest BCUT2D eigenvalue weighted by Crippen LogP contribution is -2.28. The molecule has 1 heterocycles. The highest BCUT2D eigenvalue weighted by atomic mass is 15.1. The lowest BCUT2D eigenvalue weighted by Gasteiger charge is -2.23. The average molecular weight is 274 g/mol. The number of nitrogens with two attached hydrogens (primary N) is 1. The number of rotatable bonds is 5. The zero-order chi connectivity index (χ0) is 14.4. The van der Waals surface area contributed by atoms with Crippen molar-refractivity contribution < 1.29 is 0 Å². The quantitative estimate of drug-likeness (QED) is 0.882. The first-order valence-corrected chi connectivity index (χ1v) is 8.24. The molecule has 1 fully saturated rings. The Labute approximate surface area is 124 Å². The molecule has 0 bridgehead atoms. The van der Waals surface area contributed by atoms with E-state index in [0.29, 0.717) is 0 Å². The van der Waals surface area contributed by atoms with Crippen LogP contribution in [0.5, 0.6) is 0 Å². The predicted molar refractivity (Wildman–Crippen MR) is 86.8 cm³/mol. The Balaban J connectivity index is 1.81. The fourth-order valence-electron chi connectivity index (χ4n) is 3.34. The van der Waals surface area contributed by atoms with E-state index in [0.717, 1.165) is 18.9 Å². The van der Waals surface area contributed by atoms with E-state index in [1.54, 1.807) is 0 Å². The number of likely N-dealkylation sites (tertiary alicyclic amines) is 1. The van der Waals surface area contributed by atoms with Crippen molar-refractivity contribution in [2.24, 2.45) is 11.7 Å². The Kier molecular flexibility index (Phi) is 6.06. The highest BCUT2D eigenvalue weighted by molar-refractivity contribution is 5.28. The minimum Gasteiger partial charge on any atom is -0.324 e. The zero-order valence-corrected chi connectivity index (χ0v) is 13.1. The van der Waals surface area contributed by atoms with Crippen molar-refractivity contribution in [2.45, 2.75) is 52.0 Å². The predicted octanol–water partition coefficient (Wildman–Crippen LogP) is 3.90. The van der Waals surface area contributed by atoms with Crippen LogP contribution >= 0.6 is 0 Å². The van der Waals surface area contributed by atoms with Crippen LogP contribution in [0.1, 0.15) is 56.2 Å². The van der Waals surface area contributed by atoms with Crippen LogP contribution in [0.15, 0.2) is 24.3 Å². The molecule has 0 saturated carbocycles. The Hall–Kier alpha value is -0.860. The van der Waals surface area contributed by atoms with Crippen LogP contribution in [-0.2, 0) is 0 Å². The SMILES string of the molecule is CCC1CCCN(CCC(N)c2ccccc2C)CC1. The van der Waals surface area contributed by atoms with Gasteiger partial charge in [0.2, 0.25) is 0 Å². The highest BCUT2D eigenvalue weighted by Gasteiger charge is 2.16. The van der Waals surface area contributed by atoms with Crippen molar-refractivity contribution in [3.63, 3.8) is 0 Å². The van der Waals surface area contributed by atoms with Gasteiger partial charge in [-0.05, 0) is 69.3 Å². The van der Waals surface area contributed by atoms with Gasteiger partial charge >= 0.3 is 0 Å². The fraction of sp³-hybridized carbons (Fsp3) is 0.667. The van der Waals surface area contributed by atoms with Gasteiger partial charge in [-0.25, -0.2) is 0 Å². The largest absolute Gasteiger partial charge is 0.324 e. The first kappa shape index (κ1) is 15.5. The highest BCUT2D eigenvalue weighted by Crippen LogP contribution is 2.22. The van der Waals surface area contributed by atoms with Crippen LogP contribution in [0.3, 0.4) is 0 Å². The molecule has 2 unspecified atom stereocenters. The zero-order valence-electron chi connectivity index (χ0n) is 13.1. The molecule has 1 aromatic carbocycles. The molecule has 0 spiro atoms. The molecule has 0 amide bonds. The van der Waals surface area contributed by atoms with Crippen LogP contribution in [0.4, 0.5) is 0 Å². The van der Waals surface area contributed by atoms with Crippen LogP contribution in [-0.4, -0.2) is 24.5 Å². The molecule has 1 aliphatic rings. The Morgan fingerprint density at radius 3 is 2.80 bits per heavy atom. The molecule has 1 aliphatic heterocycles. The van der Waals surface area contributed by atoms with Crippen LogP contribution < -0.4 is 5.73 Å². The molecule has 2 heteroatoms. The lowest BCUT2D eigenvalue weighted by molar-refractivity contribution is 0.269. The van der Waals surface area contributed by atoms with E-state index in [-0.39, 0.29) is 6.04 Å². The summed E-state index contributed by atoms with van der Waals surface area (Å²) >= 11 is 0. The van der Waals surface area contributed by atoms with Crippen LogP contribution in [0.2, 0.25) is 0 Å². The summed E-state index contributed by atoms with van der Waals surface area (Å²) in [7, 11) is 0. The second-order valence-corrected chi connectivity index (χ2v) is 6.30. The van der Waals surface area contributed by atoms with Gasteiger partial charge in [-0.1, -0.05) is 37.6 Å². The van der Waals surface area contributed by atoms with Crippen molar-refractivity contribution >= 4 is 0 Å². The summed E-state index contributed by atoms with van der Waals surface area (Å²) in [4.78, 5) is 2.62. The summed E-state index contributed by atoms with van der Waals surface area (Å²) in [6.45, 7) is 8.16. The van der Waals surface area contributed by atoms with Gasteiger partial charge in [0.15, 0.2) is 0 Å². The molecule has 1 saturated heterocycles. The molecular formula is C18H30N2. The molecule has 112 valence electrons. The van der Waals surface area contributed by atoms with Crippen LogP contribution in [0.25, 0.3) is 0 Å². The number of aryl methyl sites for hydroxylation is 1. The summed E-state index contributed by atoms with van der Waals surface area (Å²) in [5.74, 6) is 0.949. The van der Waals surface area contributed by atoms with E-state index in [4.69, 9.17) is 5.73 Å². The molecule has 2 atom stereocenters. The molecule has 1 aromatic rings. The third-order valence-electron chi connectivity index (χ3n) is 4.86. The molecule has 0 aliphatic carbocycles. The fourth-order valence-corrected chi connectivity index (χ4v) is 3.34. The van der Waals surface area contributed by atoms with Gasteiger partial charge in [-0.3, -0.25) is 0 Å². The van der Waals surface area contributed by atoms with Crippen molar-refractivity contribution in [3.8, 4) is 0 Å². The lowest BCUT2D eigenvalue weighted by atomic mass is 9.98. The number of nitrogens with zero attached hydrogens (tertiary/aromatic N) is 1. The first-order chi connectivity index (χ1) is 9.70. The molecule has 20 heavy (non-hydrogen) atoms. The van der Waals surface area contributed by atoms with Crippen molar-refractivity contribution in [1.82, 2.24) is 4.90 Å². The van der Waals surface area contributed by atoms with Gasteiger partial charge in [-0.2, -0.15) is 0 Å². The number of hydrogen-bond acceptors (Lipinski definition) is 2. The van der Waals surface area contributed by atoms with E-state index in [1.807, 2.05) is 0 Å². The summed E-state index contributed by atoms with van der Waals surface area (Å²) in [5, 5.41) is 0. The third-order valence-corrected chi connectivity index (χ3v) is 4.86. The summed E-state index contributed by atoms with van der Waals surface area (Å²) in [5.41, 5.74) is 9.01. The maximum absolute atomic E-state index is 6.38.